The maximum Gasteiger partial charge on any atom is 0.161 e. The van der Waals surface area contributed by atoms with Gasteiger partial charge in [0.25, 0.3) is 0 Å². The van der Waals surface area contributed by atoms with Crippen molar-refractivity contribution in [3.05, 3.63) is 24.8 Å². The van der Waals surface area contributed by atoms with Crippen molar-refractivity contribution in [2.45, 2.75) is 32.6 Å². The molecule has 0 heterocycles. The van der Waals surface area contributed by atoms with Crippen LogP contribution in [0.5, 0.6) is 0 Å². The molecule has 1 atom stereocenters. The van der Waals surface area contributed by atoms with Crippen molar-refractivity contribution in [1.82, 2.24) is 0 Å². The Hall–Kier alpha value is -0.850. The van der Waals surface area contributed by atoms with E-state index in [0.29, 0.717) is 0 Å². The first kappa shape index (κ1) is 9.24. The van der Waals surface area contributed by atoms with Crippen LogP contribution >= 0.6 is 0 Å². The van der Waals surface area contributed by atoms with E-state index in [0.717, 1.165) is 25.7 Å². The van der Waals surface area contributed by atoms with Gasteiger partial charge < -0.3 is 0 Å². The summed E-state index contributed by atoms with van der Waals surface area (Å²) < 4.78 is 0. The Morgan fingerprint density at radius 2 is 2.50 bits per heavy atom. The molecule has 0 aromatic rings. The molecule has 0 spiro atoms. The number of carbonyl (C=O) groups excluding carboxylic acids is 1. The standard InChI is InChI=1S/C11H16O/c1-3-8-11(2)9-6-4-5-7-10(11)12/h3,5,7H,1,4,6,8-9H2,2H3. The summed E-state index contributed by atoms with van der Waals surface area (Å²) >= 11 is 0. The number of hydrogen-bond donors (Lipinski definition) is 0. The lowest BCUT2D eigenvalue weighted by molar-refractivity contribution is -0.123. The van der Waals surface area contributed by atoms with E-state index < -0.39 is 0 Å². The SMILES string of the molecule is C=CCC1(C)CCCC=CC1=O. The van der Waals surface area contributed by atoms with E-state index in [1.54, 1.807) is 6.08 Å². The van der Waals surface area contributed by atoms with E-state index >= 15 is 0 Å². The monoisotopic (exact) mass is 164 g/mol. The number of hydrogen-bond acceptors (Lipinski definition) is 1. The van der Waals surface area contributed by atoms with E-state index in [-0.39, 0.29) is 11.2 Å². The van der Waals surface area contributed by atoms with Crippen LogP contribution in [0.4, 0.5) is 0 Å². The Morgan fingerprint density at radius 1 is 1.75 bits per heavy atom. The van der Waals surface area contributed by atoms with Crippen LogP contribution in [0.1, 0.15) is 32.6 Å². The second-order valence-corrected chi connectivity index (χ2v) is 3.71. The number of allylic oxidation sites excluding steroid dienone is 3. The summed E-state index contributed by atoms with van der Waals surface area (Å²) in [4.78, 5) is 11.6. The third kappa shape index (κ3) is 1.84. The van der Waals surface area contributed by atoms with Crippen LogP contribution in [0, 0.1) is 5.41 Å². The zero-order valence-corrected chi connectivity index (χ0v) is 7.68. The maximum atomic E-state index is 11.6. The number of carbonyl (C=O) groups is 1. The van der Waals surface area contributed by atoms with Gasteiger partial charge in [0.2, 0.25) is 0 Å². The van der Waals surface area contributed by atoms with Crippen molar-refractivity contribution in [2.24, 2.45) is 5.41 Å². The van der Waals surface area contributed by atoms with Crippen LogP contribution in [0.2, 0.25) is 0 Å². The molecule has 1 heteroatoms. The highest BCUT2D eigenvalue weighted by Crippen LogP contribution is 2.32. The van der Waals surface area contributed by atoms with Crippen LogP contribution < -0.4 is 0 Å². The molecule has 0 amide bonds. The van der Waals surface area contributed by atoms with Crippen LogP contribution in [0.3, 0.4) is 0 Å². The van der Waals surface area contributed by atoms with Crippen LogP contribution in [-0.4, -0.2) is 5.78 Å². The summed E-state index contributed by atoms with van der Waals surface area (Å²) in [5, 5.41) is 0. The molecule has 1 aliphatic carbocycles. The van der Waals surface area contributed by atoms with Crippen LogP contribution in [0.15, 0.2) is 24.8 Å². The normalized spacial score (nSPS) is 29.9. The molecule has 0 fully saturated rings. The second kappa shape index (κ2) is 3.70. The van der Waals surface area contributed by atoms with Gasteiger partial charge in [-0.25, -0.2) is 0 Å². The molecule has 1 aliphatic rings. The molecule has 0 aromatic heterocycles. The molecule has 0 aliphatic heterocycles. The van der Waals surface area contributed by atoms with Gasteiger partial charge in [-0.05, 0) is 31.8 Å². The summed E-state index contributed by atoms with van der Waals surface area (Å²) in [6.07, 6.45) is 9.51. The first-order valence-electron chi connectivity index (χ1n) is 4.51. The predicted octanol–water partition coefficient (Wildman–Crippen LogP) is 2.88. The van der Waals surface area contributed by atoms with Crippen molar-refractivity contribution < 1.29 is 4.79 Å². The summed E-state index contributed by atoms with van der Waals surface area (Å²) in [7, 11) is 0. The van der Waals surface area contributed by atoms with Gasteiger partial charge in [0, 0.05) is 5.41 Å². The number of rotatable bonds is 2. The molecule has 0 N–H and O–H groups in total. The quantitative estimate of drug-likeness (QED) is 0.573. The molecular formula is C11H16O. The van der Waals surface area contributed by atoms with Gasteiger partial charge in [0.15, 0.2) is 5.78 Å². The molecule has 66 valence electrons. The Labute approximate surface area is 74.2 Å². The lowest BCUT2D eigenvalue weighted by Gasteiger charge is -2.23. The fraction of sp³-hybridized carbons (Fsp3) is 0.545. The Balaban J connectivity index is 2.77. The summed E-state index contributed by atoms with van der Waals surface area (Å²) in [6, 6.07) is 0. The molecule has 0 radical (unpaired) electrons. The van der Waals surface area contributed by atoms with Crippen molar-refractivity contribution in [3.8, 4) is 0 Å². The highest BCUT2D eigenvalue weighted by atomic mass is 16.1. The van der Waals surface area contributed by atoms with Gasteiger partial charge in [-0.3, -0.25) is 4.79 Å². The lowest BCUT2D eigenvalue weighted by atomic mass is 9.79. The first-order chi connectivity index (χ1) is 5.69. The Bertz CT molecular complexity index is 215. The highest BCUT2D eigenvalue weighted by Gasteiger charge is 2.30. The Morgan fingerprint density at radius 3 is 3.17 bits per heavy atom. The Kier molecular flexibility index (Phi) is 2.85. The van der Waals surface area contributed by atoms with Crippen molar-refractivity contribution in [3.63, 3.8) is 0 Å². The summed E-state index contributed by atoms with van der Waals surface area (Å²) in [6.45, 7) is 5.72. The second-order valence-electron chi connectivity index (χ2n) is 3.71. The molecule has 0 aromatic carbocycles. The fourth-order valence-electron chi connectivity index (χ4n) is 1.65. The van der Waals surface area contributed by atoms with Gasteiger partial charge in [0.1, 0.15) is 0 Å². The predicted molar refractivity (Wildman–Crippen MR) is 50.9 cm³/mol. The third-order valence-electron chi connectivity index (χ3n) is 2.56. The van der Waals surface area contributed by atoms with Crippen molar-refractivity contribution in [2.75, 3.05) is 0 Å². The molecular weight excluding hydrogens is 148 g/mol. The van der Waals surface area contributed by atoms with Crippen LogP contribution in [0.25, 0.3) is 0 Å². The van der Waals surface area contributed by atoms with E-state index in [2.05, 4.69) is 6.58 Å². The number of ketones is 1. The van der Waals surface area contributed by atoms with Gasteiger partial charge in [0.05, 0.1) is 0 Å². The zero-order valence-electron chi connectivity index (χ0n) is 7.68. The summed E-state index contributed by atoms with van der Waals surface area (Å²) in [5.41, 5.74) is -0.172. The van der Waals surface area contributed by atoms with E-state index in [1.807, 2.05) is 19.1 Å². The average Bonchev–Trinajstić information content (AvgIpc) is 2.17. The van der Waals surface area contributed by atoms with Crippen LogP contribution in [-0.2, 0) is 4.79 Å². The largest absolute Gasteiger partial charge is 0.294 e. The molecule has 12 heavy (non-hydrogen) atoms. The smallest absolute Gasteiger partial charge is 0.161 e. The minimum absolute atomic E-state index is 0.172. The van der Waals surface area contributed by atoms with Crippen molar-refractivity contribution in [1.29, 1.82) is 0 Å². The van der Waals surface area contributed by atoms with Gasteiger partial charge >= 0.3 is 0 Å². The molecule has 1 rings (SSSR count). The topological polar surface area (TPSA) is 17.1 Å². The zero-order chi connectivity index (χ0) is 9.03. The van der Waals surface area contributed by atoms with Gasteiger partial charge in [-0.15, -0.1) is 6.58 Å². The van der Waals surface area contributed by atoms with E-state index in [1.165, 1.54) is 0 Å². The molecule has 0 saturated heterocycles. The van der Waals surface area contributed by atoms with Gasteiger partial charge in [-0.1, -0.05) is 19.1 Å². The highest BCUT2D eigenvalue weighted by molar-refractivity contribution is 5.94. The fourth-order valence-corrected chi connectivity index (χ4v) is 1.65. The average molecular weight is 164 g/mol. The lowest BCUT2D eigenvalue weighted by Crippen LogP contribution is -2.24. The van der Waals surface area contributed by atoms with E-state index in [4.69, 9.17) is 0 Å². The minimum Gasteiger partial charge on any atom is -0.294 e. The molecule has 1 nitrogen and oxygen atoms in total. The van der Waals surface area contributed by atoms with Crippen molar-refractivity contribution >= 4 is 5.78 Å². The third-order valence-corrected chi connectivity index (χ3v) is 2.56. The summed E-state index contributed by atoms with van der Waals surface area (Å²) in [5.74, 6) is 0.264. The van der Waals surface area contributed by atoms with Gasteiger partial charge in [-0.2, -0.15) is 0 Å². The minimum atomic E-state index is -0.172. The maximum absolute atomic E-state index is 11.6. The van der Waals surface area contributed by atoms with E-state index in [9.17, 15) is 4.79 Å². The molecule has 0 bridgehead atoms. The molecule has 0 saturated carbocycles. The first-order valence-corrected chi connectivity index (χ1v) is 4.51. The molecule has 1 unspecified atom stereocenters.